The van der Waals surface area contributed by atoms with Crippen molar-refractivity contribution in [2.45, 2.75) is 61.7 Å². The molecule has 4 fully saturated rings. The lowest BCUT2D eigenvalue weighted by Crippen LogP contribution is -2.35. The highest BCUT2D eigenvalue weighted by atomic mass is 32.2. The first kappa shape index (κ1) is 13.0. The molecule has 1 amide bonds. The number of hydrogen-bond donors (Lipinski definition) is 1. The summed E-state index contributed by atoms with van der Waals surface area (Å²) in [5.41, 5.74) is 0. The third-order valence-electron chi connectivity index (χ3n) is 5.35. The summed E-state index contributed by atoms with van der Waals surface area (Å²) in [7, 11) is 0. The van der Waals surface area contributed by atoms with Gasteiger partial charge in [0.1, 0.15) is 4.75 Å². The van der Waals surface area contributed by atoms with Gasteiger partial charge in [-0.1, -0.05) is 24.6 Å². The molecule has 1 spiro atoms. The summed E-state index contributed by atoms with van der Waals surface area (Å²) in [5, 5.41) is 3.42. The average Bonchev–Trinajstić information content (AvgIpc) is 3.06. The number of nitrogens with one attached hydrogen (secondary N) is 1. The monoisotopic (exact) mass is 300 g/mol. The van der Waals surface area contributed by atoms with Crippen molar-refractivity contribution >= 4 is 22.8 Å². The van der Waals surface area contributed by atoms with Crippen molar-refractivity contribution in [2.75, 3.05) is 0 Å². The molecule has 1 saturated heterocycles. The van der Waals surface area contributed by atoms with E-state index in [4.69, 9.17) is 0 Å². The van der Waals surface area contributed by atoms with E-state index in [2.05, 4.69) is 10.3 Å². The first-order chi connectivity index (χ1) is 9.48. The largest absolute Gasteiger partial charge is 0.304 e. The van der Waals surface area contributed by atoms with Crippen LogP contribution >= 0.6 is 11.8 Å². The van der Waals surface area contributed by atoms with E-state index < -0.39 is 11.8 Å². The van der Waals surface area contributed by atoms with E-state index in [1.165, 1.54) is 11.8 Å². The molecule has 4 rings (SSSR count). The van der Waals surface area contributed by atoms with Gasteiger partial charge in [0.25, 0.3) is 5.92 Å². The van der Waals surface area contributed by atoms with E-state index in [1.807, 2.05) is 0 Å². The molecule has 110 valence electrons. The van der Waals surface area contributed by atoms with Crippen LogP contribution in [0.2, 0.25) is 0 Å². The SMILES string of the molecule is O=C1NC(=N[C@H]2CC3CC2C(F)(F)C3)SC12CCCC2. The maximum atomic E-state index is 13.8. The number of hydrogen-bond acceptors (Lipinski definition) is 3. The van der Waals surface area contributed by atoms with E-state index in [9.17, 15) is 13.6 Å². The topological polar surface area (TPSA) is 41.5 Å². The summed E-state index contributed by atoms with van der Waals surface area (Å²) in [4.78, 5) is 16.6. The number of nitrogens with zero attached hydrogens (tertiary/aromatic N) is 1. The Balaban J connectivity index is 1.53. The van der Waals surface area contributed by atoms with Gasteiger partial charge in [0.05, 0.1) is 6.04 Å². The van der Waals surface area contributed by atoms with Crippen LogP contribution in [-0.2, 0) is 4.79 Å². The Hall–Kier alpha value is -0.650. The zero-order chi connectivity index (χ0) is 14.0. The zero-order valence-corrected chi connectivity index (χ0v) is 12.0. The molecule has 20 heavy (non-hydrogen) atoms. The molecule has 4 aliphatic rings. The van der Waals surface area contributed by atoms with Crippen LogP contribution in [0.4, 0.5) is 8.78 Å². The highest BCUT2D eigenvalue weighted by molar-refractivity contribution is 8.16. The summed E-state index contributed by atoms with van der Waals surface area (Å²) in [6, 6.07) is -0.303. The molecule has 3 saturated carbocycles. The molecule has 0 aromatic heterocycles. The van der Waals surface area contributed by atoms with Crippen LogP contribution in [0.1, 0.15) is 44.9 Å². The van der Waals surface area contributed by atoms with Crippen LogP contribution in [0, 0.1) is 11.8 Å². The molecule has 0 radical (unpaired) electrons. The van der Waals surface area contributed by atoms with Gasteiger partial charge in [0, 0.05) is 12.3 Å². The van der Waals surface area contributed by atoms with Crippen LogP contribution in [-0.4, -0.2) is 27.8 Å². The van der Waals surface area contributed by atoms with E-state index in [-0.39, 0.29) is 29.0 Å². The van der Waals surface area contributed by atoms with Gasteiger partial charge in [-0.2, -0.15) is 0 Å². The van der Waals surface area contributed by atoms with Crippen molar-refractivity contribution < 1.29 is 13.6 Å². The molecule has 1 heterocycles. The molecule has 3 atom stereocenters. The first-order valence-electron chi connectivity index (χ1n) is 7.45. The number of amides is 1. The van der Waals surface area contributed by atoms with Crippen molar-refractivity contribution in [3.05, 3.63) is 0 Å². The van der Waals surface area contributed by atoms with Gasteiger partial charge in [-0.05, 0) is 31.6 Å². The van der Waals surface area contributed by atoms with Crippen molar-refractivity contribution in [2.24, 2.45) is 16.8 Å². The Morgan fingerprint density at radius 3 is 2.65 bits per heavy atom. The predicted molar refractivity (Wildman–Crippen MR) is 73.9 cm³/mol. The van der Waals surface area contributed by atoms with E-state index >= 15 is 0 Å². The smallest absolute Gasteiger partial charge is 0.253 e. The summed E-state index contributed by atoms with van der Waals surface area (Å²) >= 11 is 1.49. The Kier molecular flexibility index (Phi) is 2.73. The van der Waals surface area contributed by atoms with Crippen LogP contribution in [0.5, 0.6) is 0 Å². The number of aliphatic imine (C=N–C) groups is 1. The number of fused-ring (bicyclic) bond motifs is 2. The minimum Gasteiger partial charge on any atom is -0.304 e. The van der Waals surface area contributed by atoms with Crippen LogP contribution < -0.4 is 5.32 Å². The van der Waals surface area contributed by atoms with Crippen LogP contribution in [0.25, 0.3) is 0 Å². The number of thioether (sulfide) groups is 1. The molecule has 2 unspecified atom stereocenters. The van der Waals surface area contributed by atoms with Crippen molar-refractivity contribution in [3.8, 4) is 0 Å². The van der Waals surface area contributed by atoms with Gasteiger partial charge >= 0.3 is 0 Å². The summed E-state index contributed by atoms with van der Waals surface area (Å²) < 4.78 is 27.2. The lowest BCUT2D eigenvalue weighted by Gasteiger charge is -2.26. The van der Waals surface area contributed by atoms with E-state index in [1.54, 1.807) is 0 Å². The Bertz CT molecular complexity index is 488. The highest BCUT2D eigenvalue weighted by Crippen LogP contribution is 2.55. The van der Waals surface area contributed by atoms with E-state index in [0.717, 1.165) is 32.1 Å². The number of carbonyl (C=O) groups is 1. The second-order valence-corrected chi connectivity index (χ2v) is 8.04. The number of rotatable bonds is 1. The van der Waals surface area contributed by atoms with Gasteiger partial charge in [0.15, 0.2) is 5.17 Å². The average molecular weight is 300 g/mol. The normalized spacial score (nSPS) is 42.8. The lowest BCUT2D eigenvalue weighted by molar-refractivity contribution is -0.121. The maximum absolute atomic E-state index is 13.8. The third-order valence-corrected chi connectivity index (χ3v) is 6.74. The number of amidine groups is 1. The molecule has 3 nitrogen and oxygen atoms in total. The predicted octanol–water partition coefficient (Wildman–Crippen LogP) is 2.95. The fraction of sp³-hybridized carbons (Fsp3) is 0.857. The Labute approximate surface area is 121 Å². The molecule has 2 bridgehead atoms. The molecule has 1 N–H and O–H groups in total. The molecular weight excluding hydrogens is 282 g/mol. The molecule has 0 aromatic rings. The third kappa shape index (κ3) is 1.83. The minimum absolute atomic E-state index is 0.0302. The van der Waals surface area contributed by atoms with Crippen molar-refractivity contribution in [1.29, 1.82) is 0 Å². The van der Waals surface area contributed by atoms with Crippen molar-refractivity contribution in [1.82, 2.24) is 5.32 Å². The summed E-state index contributed by atoms with van der Waals surface area (Å²) in [6.45, 7) is 0. The van der Waals surface area contributed by atoms with Gasteiger partial charge in [-0.25, -0.2) is 8.78 Å². The zero-order valence-electron chi connectivity index (χ0n) is 11.2. The Morgan fingerprint density at radius 1 is 1.25 bits per heavy atom. The lowest BCUT2D eigenvalue weighted by atomic mass is 9.92. The molecule has 0 aromatic carbocycles. The van der Waals surface area contributed by atoms with Crippen LogP contribution in [0.15, 0.2) is 4.99 Å². The minimum atomic E-state index is -2.56. The Morgan fingerprint density at radius 2 is 2.00 bits per heavy atom. The number of halogens is 2. The van der Waals surface area contributed by atoms with Crippen molar-refractivity contribution in [3.63, 3.8) is 0 Å². The number of alkyl halides is 2. The first-order valence-corrected chi connectivity index (χ1v) is 8.26. The quantitative estimate of drug-likeness (QED) is 0.809. The fourth-order valence-electron chi connectivity index (χ4n) is 4.37. The van der Waals surface area contributed by atoms with Gasteiger partial charge < -0.3 is 5.32 Å². The second kappa shape index (κ2) is 4.18. The summed E-state index contributed by atoms with van der Waals surface area (Å²) in [6.07, 6.45) is 5.29. The fourth-order valence-corrected chi connectivity index (χ4v) is 5.71. The van der Waals surface area contributed by atoms with Gasteiger partial charge in [-0.15, -0.1) is 0 Å². The van der Waals surface area contributed by atoms with Gasteiger partial charge in [-0.3, -0.25) is 9.79 Å². The molecule has 3 aliphatic carbocycles. The van der Waals surface area contributed by atoms with E-state index in [0.29, 0.717) is 11.6 Å². The molecule has 6 heteroatoms. The second-order valence-electron chi connectivity index (χ2n) is 6.67. The van der Waals surface area contributed by atoms with Crippen LogP contribution in [0.3, 0.4) is 0 Å². The molecule has 1 aliphatic heterocycles. The standard InChI is InChI=1S/C14H18F2N2OS/c15-14(16)7-8-5-9(14)10(6-8)17-12-18-11(19)13(20-12)3-1-2-4-13/h8-10H,1-7H2,(H,17,18,19)/t8?,9?,10-/m0/s1. The maximum Gasteiger partial charge on any atom is 0.253 e. The summed E-state index contributed by atoms with van der Waals surface area (Å²) in [5.74, 6) is -3.02. The van der Waals surface area contributed by atoms with Gasteiger partial charge in [0.2, 0.25) is 5.91 Å². The highest BCUT2D eigenvalue weighted by Gasteiger charge is 2.58. The molecular formula is C14H18F2N2OS. The number of carbonyl (C=O) groups excluding carboxylic acids is 1.